The molecule has 2 N–H and O–H groups in total. The van der Waals surface area contributed by atoms with Crippen LogP contribution in [0.1, 0.15) is 12.8 Å². The van der Waals surface area contributed by atoms with Crippen LogP contribution in [0.2, 0.25) is 4.17 Å². The Morgan fingerprint density at radius 2 is 2.31 bits per heavy atom. The fourth-order valence-corrected chi connectivity index (χ4v) is 0.934. The first-order valence-corrected chi connectivity index (χ1v) is 6.59. The van der Waals surface area contributed by atoms with E-state index in [4.69, 9.17) is 5.11 Å². The van der Waals surface area contributed by atoms with Gasteiger partial charge in [-0.15, -0.1) is 0 Å². The molecule has 68 valence electrons. The maximum atomic E-state index is 10.1. The first-order chi connectivity index (χ1) is 6.29. The van der Waals surface area contributed by atoms with E-state index in [2.05, 4.69) is 15.6 Å². The summed E-state index contributed by atoms with van der Waals surface area (Å²) in [6.45, 7) is 0.0136. The molecule has 0 saturated carbocycles. The van der Waals surface area contributed by atoms with Crippen LogP contribution < -0.4 is 5.32 Å². The van der Waals surface area contributed by atoms with Crippen LogP contribution in [0.15, 0.2) is 23.9 Å². The SMILES string of the molecule is O=C(O)CNC1=CCC=CC1.[CH3][Na]. The summed E-state index contributed by atoms with van der Waals surface area (Å²) in [5.74, 6) is -0.819. The van der Waals surface area contributed by atoms with Crippen molar-refractivity contribution >= 4 is 33.9 Å². The minimum absolute atomic E-state index is 0.0136. The number of allylic oxidation sites excluding steroid dienone is 3. The van der Waals surface area contributed by atoms with Gasteiger partial charge in [0.25, 0.3) is 0 Å². The average Bonchev–Trinajstić information content (AvgIpc) is 2.19. The number of hydrogen-bond donors (Lipinski definition) is 2. The summed E-state index contributed by atoms with van der Waals surface area (Å²) in [7, 11) is 0. The molecule has 0 aromatic rings. The molecule has 0 aliphatic heterocycles. The molecule has 0 unspecified atom stereocenters. The van der Waals surface area contributed by atoms with Crippen LogP contribution in [0.5, 0.6) is 0 Å². The zero-order valence-electron chi connectivity index (χ0n) is 8.21. The number of carbonyl (C=O) groups is 1. The Labute approximate surface area is 96.3 Å². The van der Waals surface area contributed by atoms with Crippen LogP contribution in [0.4, 0.5) is 0 Å². The Morgan fingerprint density at radius 1 is 1.62 bits per heavy atom. The topological polar surface area (TPSA) is 49.3 Å². The van der Waals surface area contributed by atoms with Gasteiger partial charge in [0.2, 0.25) is 0 Å². The summed E-state index contributed by atoms with van der Waals surface area (Å²) >= 11 is 1.31. The third kappa shape index (κ3) is 6.87. The Hall–Kier alpha value is -0.250. The summed E-state index contributed by atoms with van der Waals surface area (Å²) in [6.07, 6.45) is 7.83. The predicted molar refractivity (Wildman–Crippen MR) is 53.7 cm³/mol. The van der Waals surface area contributed by atoms with Gasteiger partial charge < -0.3 is 10.4 Å². The van der Waals surface area contributed by atoms with Gasteiger partial charge in [0.15, 0.2) is 0 Å². The van der Waals surface area contributed by atoms with Gasteiger partial charge in [-0.1, -0.05) is 18.2 Å². The Bertz CT molecular complexity index is 212. The molecule has 1 aliphatic carbocycles. The van der Waals surface area contributed by atoms with Gasteiger partial charge in [-0.25, -0.2) is 0 Å². The van der Waals surface area contributed by atoms with E-state index in [-0.39, 0.29) is 6.54 Å². The van der Waals surface area contributed by atoms with Gasteiger partial charge in [0, 0.05) is 12.1 Å². The summed E-state index contributed by atoms with van der Waals surface area (Å²) < 4.78 is 2.14. The molecule has 1 aliphatic rings. The summed E-state index contributed by atoms with van der Waals surface area (Å²) in [4.78, 5) is 10.1. The van der Waals surface area contributed by atoms with Gasteiger partial charge in [-0.05, 0) is 6.42 Å². The molecule has 0 fully saturated rings. The molecule has 0 spiro atoms. The monoisotopic (exact) mass is 191 g/mol. The third-order valence-electron chi connectivity index (χ3n) is 1.47. The van der Waals surface area contributed by atoms with Gasteiger partial charge >= 0.3 is 38.1 Å². The normalized spacial score (nSPS) is 13.9. The van der Waals surface area contributed by atoms with E-state index in [1.807, 2.05) is 12.2 Å². The van der Waals surface area contributed by atoms with Crippen molar-refractivity contribution in [3.63, 3.8) is 0 Å². The third-order valence-corrected chi connectivity index (χ3v) is 1.47. The van der Waals surface area contributed by atoms with Crippen LogP contribution >= 0.6 is 0 Å². The van der Waals surface area contributed by atoms with Crippen LogP contribution in [-0.2, 0) is 4.79 Å². The van der Waals surface area contributed by atoms with Gasteiger partial charge in [-0.3, -0.25) is 4.79 Å². The second kappa shape index (κ2) is 8.35. The quantitative estimate of drug-likeness (QED) is 0.518. The Balaban J connectivity index is 0.000000671. The van der Waals surface area contributed by atoms with Crippen molar-refractivity contribution in [1.29, 1.82) is 0 Å². The van der Waals surface area contributed by atoms with E-state index in [1.165, 1.54) is 27.9 Å². The Morgan fingerprint density at radius 3 is 2.77 bits per heavy atom. The van der Waals surface area contributed by atoms with Crippen LogP contribution in [0, 0.1) is 0 Å². The van der Waals surface area contributed by atoms with Crippen molar-refractivity contribution in [2.45, 2.75) is 17.0 Å². The molecule has 0 bridgehead atoms. The van der Waals surface area contributed by atoms with E-state index in [0.717, 1.165) is 18.5 Å². The number of rotatable bonds is 3. The molecular weight excluding hydrogens is 177 g/mol. The van der Waals surface area contributed by atoms with Crippen molar-refractivity contribution in [1.82, 2.24) is 5.32 Å². The van der Waals surface area contributed by atoms with Crippen LogP contribution in [0.3, 0.4) is 0 Å². The fourth-order valence-electron chi connectivity index (χ4n) is 0.934. The average molecular weight is 191 g/mol. The minimum atomic E-state index is -0.819. The molecule has 0 heterocycles. The van der Waals surface area contributed by atoms with Crippen molar-refractivity contribution < 1.29 is 9.90 Å². The number of aliphatic carboxylic acids is 1. The summed E-state index contributed by atoms with van der Waals surface area (Å²) in [6, 6.07) is 0. The van der Waals surface area contributed by atoms with Gasteiger partial charge in [0.1, 0.15) is 6.54 Å². The zero-order chi connectivity index (χ0) is 10.1. The molecule has 13 heavy (non-hydrogen) atoms. The van der Waals surface area contributed by atoms with Crippen molar-refractivity contribution in [3.05, 3.63) is 23.9 Å². The van der Waals surface area contributed by atoms with E-state index in [1.54, 1.807) is 0 Å². The predicted octanol–water partition coefficient (Wildman–Crippen LogP) is 1.10. The summed E-state index contributed by atoms with van der Waals surface area (Å²) in [5.41, 5.74) is 1.01. The van der Waals surface area contributed by atoms with Crippen molar-refractivity contribution in [3.8, 4) is 0 Å². The molecule has 0 saturated heterocycles. The first-order valence-electron chi connectivity index (χ1n) is 4.59. The van der Waals surface area contributed by atoms with Crippen molar-refractivity contribution in [2.24, 2.45) is 0 Å². The molecule has 4 heteroatoms. The molecule has 0 aromatic carbocycles. The van der Waals surface area contributed by atoms with Crippen molar-refractivity contribution in [2.75, 3.05) is 6.54 Å². The zero-order valence-corrected chi connectivity index (χ0v) is 10.2. The number of carboxylic acid groups (broad SMARTS) is 1. The standard InChI is InChI=1S/C8H11NO2.CH3.Na/c10-8(11)6-9-7-4-2-1-3-5-7;;/h1-2,5,9H,3-4,6H2,(H,10,11);1H3;. The number of carboxylic acids is 1. The number of hydrogen-bond acceptors (Lipinski definition) is 2. The fraction of sp³-hybridized carbons (Fsp3) is 0.444. The second-order valence-corrected chi connectivity index (χ2v) is 2.39. The van der Waals surface area contributed by atoms with E-state index >= 15 is 0 Å². The van der Waals surface area contributed by atoms with Gasteiger partial charge in [0.05, 0.1) is 0 Å². The van der Waals surface area contributed by atoms with Crippen LogP contribution in [-0.4, -0.2) is 45.6 Å². The second-order valence-electron chi connectivity index (χ2n) is 2.39. The molecule has 1 rings (SSSR count). The molecular formula is C9H14NNaO2. The van der Waals surface area contributed by atoms with E-state index in [0.29, 0.717) is 0 Å². The van der Waals surface area contributed by atoms with Gasteiger partial charge in [-0.2, -0.15) is 0 Å². The van der Waals surface area contributed by atoms with E-state index in [9.17, 15) is 4.79 Å². The molecule has 3 nitrogen and oxygen atoms in total. The Kier molecular flexibility index (Phi) is 8.19. The van der Waals surface area contributed by atoms with Crippen LogP contribution in [0.25, 0.3) is 0 Å². The molecule has 0 amide bonds. The number of nitrogens with one attached hydrogen (secondary N) is 1. The molecule has 0 radical (unpaired) electrons. The maximum absolute atomic E-state index is 10.1. The first kappa shape index (κ1) is 12.8. The van der Waals surface area contributed by atoms with E-state index < -0.39 is 5.97 Å². The molecule has 0 aromatic heterocycles. The molecule has 0 atom stereocenters. The summed E-state index contributed by atoms with van der Waals surface area (Å²) in [5, 5.41) is 11.2.